The number of rotatable bonds is 1. The van der Waals surface area contributed by atoms with E-state index in [-0.39, 0.29) is 0 Å². The van der Waals surface area contributed by atoms with Gasteiger partial charge in [0.05, 0.1) is 6.26 Å². The molecule has 0 atom stereocenters. The predicted octanol–water partition coefficient (Wildman–Crippen LogP) is 1.05. The number of hydrogen-bond acceptors (Lipinski definition) is 1. The lowest BCUT2D eigenvalue weighted by Gasteiger charge is -1.79. The Morgan fingerprint density at radius 3 is 2.80 bits per heavy atom. The summed E-state index contributed by atoms with van der Waals surface area (Å²) in [7, 11) is 0. The molecule has 1 rings (SSSR count). The van der Waals surface area contributed by atoms with Crippen LogP contribution in [-0.4, -0.2) is 0 Å². The topological polar surface area (TPSA) is 13.1 Å². The Morgan fingerprint density at radius 2 is 2.40 bits per heavy atom. The molecule has 0 amide bonds. The van der Waals surface area contributed by atoms with Crippen molar-refractivity contribution < 1.29 is 4.42 Å². The summed E-state index contributed by atoms with van der Waals surface area (Å²) in [6.45, 7) is 9.38. The van der Waals surface area contributed by atoms with Crippen LogP contribution in [0.3, 0.4) is 0 Å². The smallest absolute Gasteiger partial charge is 0.126 e. The lowest BCUT2D eigenvalue weighted by Crippen LogP contribution is -2.16. The summed E-state index contributed by atoms with van der Waals surface area (Å²) >= 11 is 0. The Morgan fingerprint density at radius 1 is 1.70 bits per heavy atom. The van der Waals surface area contributed by atoms with Gasteiger partial charge in [0.1, 0.15) is 5.42 Å². The molecule has 0 N–H and O–H groups in total. The summed E-state index contributed by atoms with van der Waals surface area (Å²) < 4.78 is 4.98. The van der Waals surface area contributed by atoms with E-state index in [0.717, 1.165) is 10.8 Å². The molecule has 1 heterocycles. The average molecular weight is 134 g/mol. The van der Waals surface area contributed by atoms with Crippen LogP contribution in [0.25, 0.3) is 12.7 Å². The van der Waals surface area contributed by atoms with Crippen LogP contribution >= 0.6 is 0 Å². The molecule has 1 aromatic heterocycles. The Bertz CT molecular complexity index is 330. The number of hydrogen-bond donors (Lipinski definition) is 0. The van der Waals surface area contributed by atoms with Crippen LogP contribution in [0.2, 0.25) is 0 Å². The highest BCUT2D eigenvalue weighted by atomic mass is 16.3. The molecule has 0 radical (unpaired) electrons. The minimum absolute atomic E-state index is 0.697. The first-order valence-electron chi connectivity index (χ1n) is 3.10. The number of furan rings is 1. The monoisotopic (exact) mass is 134 g/mol. The van der Waals surface area contributed by atoms with E-state index in [4.69, 9.17) is 4.42 Å². The summed E-state index contributed by atoms with van der Waals surface area (Å²) in [5.74, 6) is 0. The van der Waals surface area contributed by atoms with E-state index in [1.807, 2.05) is 19.1 Å². The SMILES string of the molecule is C=C(C)/C=c1/ccoc1=C. The van der Waals surface area contributed by atoms with Crippen molar-refractivity contribution in [2.24, 2.45) is 0 Å². The van der Waals surface area contributed by atoms with Crippen LogP contribution in [0.1, 0.15) is 6.92 Å². The second-order valence-electron chi connectivity index (χ2n) is 2.29. The zero-order valence-electron chi connectivity index (χ0n) is 6.05. The maximum Gasteiger partial charge on any atom is 0.126 e. The van der Waals surface area contributed by atoms with Gasteiger partial charge >= 0.3 is 0 Å². The summed E-state index contributed by atoms with van der Waals surface area (Å²) in [5, 5.41) is 1.01. The lowest BCUT2D eigenvalue weighted by atomic mass is 10.3. The molecular formula is C9H10O. The van der Waals surface area contributed by atoms with Crippen molar-refractivity contribution in [1.82, 2.24) is 0 Å². The molecule has 0 bridgehead atoms. The van der Waals surface area contributed by atoms with Gasteiger partial charge in [-0.15, -0.1) is 0 Å². The van der Waals surface area contributed by atoms with Gasteiger partial charge in [0.25, 0.3) is 0 Å². The van der Waals surface area contributed by atoms with Crippen molar-refractivity contribution in [3.63, 3.8) is 0 Å². The fraction of sp³-hybridized carbons (Fsp3) is 0.111. The molecule has 0 unspecified atom stereocenters. The molecule has 0 spiro atoms. The molecule has 0 aliphatic rings. The van der Waals surface area contributed by atoms with Gasteiger partial charge in [0.15, 0.2) is 0 Å². The molecule has 10 heavy (non-hydrogen) atoms. The van der Waals surface area contributed by atoms with Crippen LogP contribution < -0.4 is 10.6 Å². The molecule has 0 fully saturated rings. The Balaban J connectivity index is 3.29. The van der Waals surface area contributed by atoms with E-state index in [9.17, 15) is 0 Å². The van der Waals surface area contributed by atoms with Crippen molar-refractivity contribution in [1.29, 1.82) is 0 Å². The minimum atomic E-state index is 0.697. The Labute approximate surface area is 60.0 Å². The first kappa shape index (κ1) is 6.87. The van der Waals surface area contributed by atoms with Crippen molar-refractivity contribution in [3.8, 4) is 0 Å². The van der Waals surface area contributed by atoms with Crippen LogP contribution in [0.4, 0.5) is 0 Å². The molecule has 0 aromatic carbocycles. The van der Waals surface area contributed by atoms with Crippen molar-refractivity contribution in [3.05, 3.63) is 35.1 Å². The van der Waals surface area contributed by atoms with E-state index < -0.39 is 0 Å². The largest absolute Gasteiger partial charge is 0.465 e. The molecule has 0 saturated heterocycles. The van der Waals surface area contributed by atoms with E-state index in [1.165, 1.54) is 0 Å². The minimum Gasteiger partial charge on any atom is -0.465 e. The van der Waals surface area contributed by atoms with E-state index in [0.29, 0.717) is 5.42 Å². The molecular weight excluding hydrogens is 124 g/mol. The van der Waals surface area contributed by atoms with Crippen molar-refractivity contribution in [2.45, 2.75) is 6.92 Å². The molecule has 0 aliphatic heterocycles. The first-order chi connectivity index (χ1) is 4.70. The quantitative estimate of drug-likeness (QED) is 0.559. The third-order valence-corrected chi connectivity index (χ3v) is 1.18. The fourth-order valence-electron chi connectivity index (χ4n) is 0.745. The zero-order chi connectivity index (χ0) is 7.56. The van der Waals surface area contributed by atoms with Crippen LogP contribution in [0.15, 0.2) is 28.9 Å². The third-order valence-electron chi connectivity index (χ3n) is 1.18. The van der Waals surface area contributed by atoms with Crippen LogP contribution in [-0.2, 0) is 0 Å². The molecule has 1 heteroatoms. The van der Waals surface area contributed by atoms with Crippen molar-refractivity contribution >= 4 is 12.7 Å². The average Bonchev–Trinajstić information content (AvgIpc) is 2.15. The second kappa shape index (κ2) is 2.56. The molecule has 0 aliphatic carbocycles. The predicted molar refractivity (Wildman–Crippen MR) is 42.8 cm³/mol. The highest BCUT2D eigenvalue weighted by molar-refractivity contribution is 5.42. The van der Waals surface area contributed by atoms with Gasteiger partial charge < -0.3 is 4.42 Å². The summed E-state index contributed by atoms with van der Waals surface area (Å²) in [6.07, 6.45) is 3.56. The number of allylic oxidation sites excluding steroid dienone is 1. The first-order valence-corrected chi connectivity index (χ1v) is 3.10. The Kier molecular flexibility index (Phi) is 1.76. The van der Waals surface area contributed by atoms with Gasteiger partial charge in [-0.25, -0.2) is 0 Å². The lowest BCUT2D eigenvalue weighted by molar-refractivity contribution is 0.533. The summed E-state index contributed by atoms with van der Waals surface area (Å²) in [5.41, 5.74) is 1.70. The van der Waals surface area contributed by atoms with Crippen LogP contribution in [0.5, 0.6) is 0 Å². The highest BCUT2D eigenvalue weighted by Crippen LogP contribution is 1.85. The zero-order valence-corrected chi connectivity index (χ0v) is 6.05. The summed E-state index contributed by atoms with van der Waals surface area (Å²) in [6, 6.07) is 1.87. The van der Waals surface area contributed by atoms with Crippen LogP contribution in [0, 0.1) is 0 Å². The maximum absolute atomic E-state index is 4.98. The van der Waals surface area contributed by atoms with Gasteiger partial charge in [-0.2, -0.15) is 0 Å². The maximum atomic E-state index is 4.98. The van der Waals surface area contributed by atoms with Gasteiger partial charge in [0.2, 0.25) is 0 Å². The second-order valence-corrected chi connectivity index (χ2v) is 2.29. The van der Waals surface area contributed by atoms with Gasteiger partial charge in [0, 0.05) is 5.22 Å². The van der Waals surface area contributed by atoms with E-state index in [1.54, 1.807) is 6.26 Å². The van der Waals surface area contributed by atoms with Crippen molar-refractivity contribution in [2.75, 3.05) is 0 Å². The highest BCUT2D eigenvalue weighted by Gasteiger charge is 1.83. The Hall–Kier alpha value is -1.24. The van der Waals surface area contributed by atoms with Gasteiger partial charge in [-0.05, 0) is 19.1 Å². The van der Waals surface area contributed by atoms with Gasteiger partial charge in [-0.3, -0.25) is 0 Å². The normalized spacial score (nSPS) is 11.9. The van der Waals surface area contributed by atoms with Gasteiger partial charge in [-0.1, -0.05) is 18.7 Å². The molecule has 1 aromatic rings. The fourth-order valence-corrected chi connectivity index (χ4v) is 0.745. The molecule has 0 saturated carbocycles. The summed E-state index contributed by atoms with van der Waals surface area (Å²) in [4.78, 5) is 0. The molecule has 1 nitrogen and oxygen atoms in total. The van der Waals surface area contributed by atoms with E-state index >= 15 is 0 Å². The third kappa shape index (κ3) is 1.38. The van der Waals surface area contributed by atoms with E-state index in [2.05, 4.69) is 13.2 Å². The molecule has 52 valence electrons. The standard InChI is InChI=1S/C9H10O/c1-7(2)6-9-4-5-10-8(9)3/h4-6H,1,3H2,2H3/b9-6-.